The van der Waals surface area contributed by atoms with Gasteiger partial charge < -0.3 is 16.0 Å². The number of aromatic nitrogens is 4. The summed E-state index contributed by atoms with van der Waals surface area (Å²) in [5.74, 6) is 0.452. The summed E-state index contributed by atoms with van der Waals surface area (Å²) in [6.45, 7) is 3.91. The van der Waals surface area contributed by atoms with Crippen LogP contribution >= 0.6 is 0 Å². The second-order valence-corrected chi connectivity index (χ2v) is 5.12. The average Bonchev–Trinajstić information content (AvgIpc) is 2.87. The number of nitrogens with one attached hydrogen (secondary N) is 2. The minimum absolute atomic E-state index is 0.0958. The highest BCUT2D eigenvalue weighted by atomic mass is 16.1. The molecule has 0 bridgehead atoms. The maximum atomic E-state index is 12.2. The summed E-state index contributed by atoms with van der Waals surface area (Å²) in [5, 5.41) is 2.77. The molecule has 2 heterocycles. The number of H-pyrrole nitrogens is 1. The standard InChI is InChI=1S/C16H16N6O/c1-9-10(2)21-15(20-9)11-4-3-5-12(8-11)22-16(23)13-14(17)19-7-6-18-13/h3-8H,1-2H3,(H2,17,19)(H,20,21)(H,22,23). The van der Waals surface area contributed by atoms with Crippen molar-refractivity contribution < 1.29 is 4.79 Å². The number of carbonyl (C=O) groups excluding carboxylic acids is 1. The summed E-state index contributed by atoms with van der Waals surface area (Å²) >= 11 is 0. The predicted octanol–water partition coefficient (Wildman–Crippen LogP) is 2.32. The number of amides is 1. The second kappa shape index (κ2) is 5.88. The smallest absolute Gasteiger partial charge is 0.278 e. The van der Waals surface area contributed by atoms with Gasteiger partial charge in [0.25, 0.3) is 5.91 Å². The van der Waals surface area contributed by atoms with Crippen LogP contribution in [0.5, 0.6) is 0 Å². The maximum Gasteiger partial charge on any atom is 0.278 e. The van der Waals surface area contributed by atoms with Crippen LogP contribution in [0.15, 0.2) is 36.7 Å². The minimum Gasteiger partial charge on any atom is -0.382 e. The van der Waals surface area contributed by atoms with Crippen LogP contribution in [0.4, 0.5) is 11.5 Å². The van der Waals surface area contributed by atoms with Crippen molar-refractivity contribution in [2.75, 3.05) is 11.1 Å². The summed E-state index contributed by atoms with van der Waals surface area (Å²) in [6, 6.07) is 7.39. The van der Waals surface area contributed by atoms with E-state index in [4.69, 9.17) is 5.73 Å². The molecule has 0 spiro atoms. The molecule has 0 aliphatic heterocycles. The van der Waals surface area contributed by atoms with Crippen molar-refractivity contribution in [2.45, 2.75) is 13.8 Å². The highest BCUT2D eigenvalue weighted by Crippen LogP contribution is 2.21. The number of nitrogens with two attached hydrogens (primary N) is 1. The summed E-state index contributed by atoms with van der Waals surface area (Å²) < 4.78 is 0. The largest absolute Gasteiger partial charge is 0.382 e. The zero-order valence-corrected chi connectivity index (χ0v) is 12.8. The van der Waals surface area contributed by atoms with E-state index in [1.807, 2.05) is 32.0 Å². The molecule has 0 saturated heterocycles. The molecule has 4 N–H and O–H groups in total. The molecule has 116 valence electrons. The predicted molar refractivity (Wildman–Crippen MR) is 87.9 cm³/mol. The van der Waals surface area contributed by atoms with E-state index < -0.39 is 5.91 Å². The average molecular weight is 308 g/mol. The van der Waals surface area contributed by atoms with Crippen molar-refractivity contribution in [3.63, 3.8) is 0 Å². The summed E-state index contributed by atoms with van der Waals surface area (Å²) in [4.78, 5) is 27.7. The summed E-state index contributed by atoms with van der Waals surface area (Å²) in [7, 11) is 0. The molecule has 2 aromatic heterocycles. The number of aryl methyl sites for hydroxylation is 2. The van der Waals surface area contributed by atoms with Crippen LogP contribution in [-0.2, 0) is 0 Å². The lowest BCUT2D eigenvalue weighted by Gasteiger charge is -2.07. The molecule has 0 aliphatic carbocycles. The molecule has 0 unspecified atom stereocenters. The highest BCUT2D eigenvalue weighted by molar-refractivity contribution is 6.05. The fourth-order valence-corrected chi connectivity index (χ4v) is 2.14. The first kappa shape index (κ1) is 14.7. The van der Waals surface area contributed by atoms with Crippen molar-refractivity contribution >= 4 is 17.4 Å². The molecule has 0 saturated carbocycles. The summed E-state index contributed by atoms with van der Waals surface area (Å²) in [5.41, 5.74) is 9.24. The van der Waals surface area contributed by atoms with E-state index in [0.717, 1.165) is 22.8 Å². The molecule has 1 amide bonds. The Labute approximate surface area is 133 Å². The number of rotatable bonds is 3. The van der Waals surface area contributed by atoms with E-state index in [1.165, 1.54) is 12.4 Å². The number of anilines is 2. The second-order valence-electron chi connectivity index (χ2n) is 5.12. The lowest BCUT2D eigenvalue weighted by molar-refractivity contribution is 0.102. The zero-order chi connectivity index (χ0) is 16.4. The molecule has 0 aliphatic rings. The monoisotopic (exact) mass is 308 g/mol. The van der Waals surface area contributed by atoms with Gasteiger partial charge in [-0.3, -0.25) is 4.79 Å². The molecule has 7 nitrogen and oxygen atoms in total. The van der Waals surface area contributed by atoms with Gasteiger partial charge in [-0.05, 0) is 26.0 Å². The number of aromatic amines is 1. The van der Waals surface area contributed by atoms with Crippen molar-refractivity contribution in [3.8, 4) is 11.4 Å². The number of benzene rings is 1. The molecule has 7 heteroatoms. The molecular weight excluding hydrogens is 292 g/mol. The SMILES string of the molecule is Cc1nc(-c2cccc(NC(=O)c3nccnc3N)c2)[nH]c1C. The van der Waals surface area contributed by atoms with E-state index in [9.17, 15) is 4.79 Å². The van der Waals surface area contributed by atoms with E-state index in [1.54, 1.807) is 6.07 Å². The zero-order valence-electron chi connectivity index (χ0n) is 12.8. The van der Waals surface area contributed by atoms with Crippen LogP contribution < -0.4 is 11.1 Å². The van der Waals surface area contributed by atoms with Gasteiger partial charge in [0, 0.05) is 29.3 Å². The Morgan fingerprint density at radius 2 is 2.00 bits per heavy atom. The highest BCUT2D eigenvalue weighted by Gasteiger charge is 2.13. The molecule has 0 fully saturated rings. The van der Waals surface area contributed by atoms with Gasteiger partial charge in [0.2, 0.25) is 0 Å². The first-order valence-electron chi connectivity index (χ1n) is 7.06. The maximum absolute atomic E-state index is 12.2. The van der Waals surface area contributed by atoms with Crippen LogP contribution in [0.25, 0.3) is 11.4 Å². The molecule has 0 atom stereocenters. The number of carbonyl (C=O) groups is 1. The number of nitrogens with zero attached hydrogens (tertiary/aromatic N) is 3. The first-order valence-corrected chi connectivity index (χ1v) is 7.06. The Bertz CT molecular complexity index is 851. The Morgan fingerprint density at radius 3 is 2.70 bits per heavy atom. The minimum atomic E-state index is -0.403. The lowest BCUT2D eigenvalue weighted by Crippen LogP contribution is -2.16. The Balaban J connectivity index is 1.86. The van der Waals surface area contributed by atoms with Crippen LogP contribution in [0.3, 0.4) is 0 Å². The number of nitrogen functional groups attached to an aromatic ring is 1. The normalized spacial score (nSPS) is 10.5. The van der Waals surface area contributed by atoms with Crippen molar-refractivity contribution in [1.29, 1.82) is 0 Å². The summed E-state index contributed by atoms with van der Waals surface area (Å²) in [6.07, 6.45) is 2.87. The number of hydrogen-bond donors (Lipinski definition) is 3. The quantitative estimate of drug-likeness (QED) is 0.688. The lowest BCUT2D eigenvalue weighted by atomic mass is 10.2. The van der Waals surface area contributed by atoms with E-state index >= 15 is 0 Å². The van der Waals surface area contributed by atoms with Gasteiger partial charge in [-0.2, -0.15) is 0 Å². The fourth-order valence-electron chi connectivity index (χ4n) is 2.14. The third kappa shape index (κ3) is 3.03. The Kier molecular flexibility index (Phi) is 3.76. The molecule has 0 radical (unpaired) electrons. The number of imidazole rings is 1. The van der Waals surface area contributed by atoms with E-state index in [0.29, 0.717) is 5.69 Å². The molecule has 3 aromatic rings. The van der Waals surface area contributed by atoms with Crippen molar-refractivity contribution in [1.82, 2.24) is 19.9 Å². The van der Waals surface area contributed by atoms with Gasteiger partial charge in [-0.1, -0.05) is 12.1 Å². The Hall–Kier alpha value is -3.22. The van der Waals surface area contributed by atoms with Crippen molar-refractivity contribution in [2.24, 2.45) is 0 Å². The van der Waals surface area contributed by atoms with Crippen LogP contribution in [0, 0.1) is 13.8 Å². The molecule has 3 rings (SSSR count). The van der Waals surface area contributed by atoms with Crippen molar-refractivity contribution in [3.05, 3.63) is 53.7 Å². The van der Waals surface area contributed by atoms with Gasteiger partial charge in [-0.25, -0.2) is 15.0 Å². The van der Waals surface area contributed by atoms with Crippen LogP contribution in [-0.4, -0.2) is 25.8 Å². The molecule has 23 heavy (non-hydrogen) atoms. The molecule has 1 aromatic carbocycles. The van der Waals surface area contributed by atoms with Gasteiger partial charge in [0.1, 0.15) is 5.82 Å². The fraction of sp³-hybridized carbons (Fsp3) is 0.125. The van der Waals surface area contributed by atoms with Crippen LogP contribution in [0.1, 0.15) is 21.9 Å². The number of hydrogen-bond acceptors (Lipinski definition) is 5. The van der Waals surface area contributed by atoms with Gasteiger partial charge in [0.15, 0.2) is 11.5 Å². The third-order valence-electron chi connectivity index (χ3n) is 3.46. The Morgan fingerprint density at radius 1 is 1.22 bits per heavy atom. The first-order chi connectivity index (χ1) is 11.0. The van der Waals surface area contributed by atoms with E-state index in [-0.39, 0.29) is 11.5 Å². The van der Waals surface area contributed by atoms with Crippen LogP contribution in [0.2, 0.25) is 0 Å². The van der Waals surface area contributed by atoms with E-state index in [2.05, 4.69) is 25.3 Å². The topological polar surface area (TPSA) is 110 Å². The van der Waals surface area contributed by atoms with Gasteiger partial charge >= 0.3 is 0 Å². The molecular formula is C16H16N6O. The third-order valence-corrected chi connectivity index (χ3v) is 3.46. The van der Waals surface area contributed by atoms with Gasteiger partial charge in [0.05, 0.1) is 5.69 Å². The van der Waals surface area contributed by atoms with Gasteiger partial charge in [-0.15, -0.1) is 0 Å².